The molecule has 0 heterocycles. The Morgan fingerprint density at radius 2 is 1.80 bits per heavy atom. The van der Waals surface area contributed by atoms with E-state index in [-0.39, 0.29) is 23.8 Å². The van der Waals surface area contributed by atoms with Gasteiger partial charge >= 0.3 is 12.1 Å². The second kappa shape index (κ2) is 10.5. The number of ether oxygens (including phenoxy) is 1. The van der Waals surface area contributed by atoms with Crippen LogP contribution in [0.5, 0.6) is 0 Å². The van der Waals surface area contributed by atoms with E-state index in [1.54, 1.807) is 32.2 Å². The lowest BCUT2D eigenvalue weighted by Crippen LogP contribution is -2.25. The Kier molecular flexibility index (Phi) is 7.76. The van der Waals surface area contributed by atoms with Gasteiger partial charge in [-0.15, -0.1) is 0 Å². The van der Waals surface area contributed by atoms with Crippen LogP contribution in [0.2, 0.25) is 0 Å². The quantitative estimate of drug-likeness (QED) is 0.670. The molecule has 0 fully saturated rings. The topological polar surface area (TPSA) is 124 Å². The van der Waals surface area contributed by atoms with E-state index in [1.165, 1.54) is 24.0 Å². The molecule has 0 bridgehead atoms. The van der Waals surface area contributed by atoms with Gasteiger partial charge in [-0.25, -0.2) is 9.59 Å². The van der Waals surface area contributed by atoms with Gasteiger partial charge in [0.25, 0.3) is 0 Å². The Balaban J connectivity index is 2.09. The van der Waals surface area contributed by atoms with Gasteiger partial charge in [-0.05, 0) is 36.8 Å². The fraction of sp³-hybridized carbons (Fsp3) is 0.238. The van der Waals surface area contributed by atoms with Crippen molar-refractivity contribution in [2.24, 2.45) is 0 Å². The van der Waals surface area contributed by atoms with Gasteiger partial charge in [-0.1, -0.05) is 18.2 Å². The number of anilines is 3. The van der Waals surface area contributed by atoms with Crippen LogP contribution in [-0.4, -0.2) is 36.6 Å². The molecule has 3 N–H and O–H groups in total. The Morgan fingerprint density at radius 1 is 1.07 bits per heavy atom. The van der Waals surface area contributed by atoms with Gasteiger partial charge in [-0.3, -0.25) is 10.1 Å². The molecule has 0 atom stereocenters. The Morgan fingerprint density at radius 3 is 2.47 bits per heavy atom. The lowest BCUT2D eigenvalue weighted by Gasteiger charge is -2.18. The molecule has 0 aliphatic carbocycles. The first-order valence-corrected chi connectivity index (χ1v) is 9.19. The molecule has 0 aliphatic rings. The van der Waals surface area contributed by atoms with Crippen LogP contribution in [0.25, 0.3) is 0 Å². The number of amides is 4. The number of carbonyl (C=O) groups excluding carboxylic acids is 3. The fourth-order valence-corrected chi connectivity index (χ4v) is 2.53. The largest absolute Gasteiger partial charge is 0.450 e. The van der Waals surface area contributed by atoms with Crippen LogP contribution < -0.4 is 16.0 Å². The molecule has 0 aromatic heterocycles. The van der Waals surface area contributed by atoms with Crippen LogP contribution in [0.3, 0.4) is 0 Å². The molecule has 156 valence electrons. The monoisotopic (exact) mass is 409 g/mol. The van der Waals surface area contributed by atoms with Crippen molar-refractivity contribution in [2.75, 3.05) is 29.6 Å². The maximum atomic E-state index is 12.4. The minimum atomic E-state index is -0.667. The maximum absolute atomic E-state index is 12.4. The first-order chi connectivity index (χ1) is 14.3. The van der Waals surface area contributed by atoms with E-state index in [4.69, 9.17) is 4.74 Å². The van der Waals surface area contributed by atoms with Crippen molar-refractivity contribution in [2.45, 2.75) is 20.4 Å². The average Bonchev–Trinajstić information content (AvgIpc) is 2.70. The highest BCUT2D eigenvalue weighted by Gasteiger charge is 2.12. The molecule has 0 unspecified atom stereocenters. The average molecular weight is 409 g/mol. The number of hydrogen-bond donors (Lipinski definition) is 3. The third-order valence-electron chi connectivity index (χ3n) is 4.12. The smallest absolute Gasteiger partial charge is 0.411 e. The van der Waals surface area contributed by atoms with Gasteiger partial charge < -0.3 is 20.3 Å². The number of nitriles is 1. The number of urea groups is 1. The van der Waals surface area contributed by atoms with Crippen LogP contribution in [0.15, 0.2) is 42.5 Å². The Labute approximate surface area is 174 Å². The van der Waals surface area contributed by atoms with Crippen molar-refractivity contribution < 1.29 is 19.1 Å². The molecular formula is C21H23N5O4. The summed E-state index contributed by atoms with van der Waals surface area (Å²) in [6.45, 7) is 3.69. The zero-order valence-electron chi connectivity index (χ0n) is 17.0. The zero-order chi connectivity index (χ0) is 22.1. The van der Waals surface area contributed by atoms with Crippen LogP contribution >= 0.6 is 0 Å². The maximum Gasteiger partial charge on any atom is 0.411 e. The lowest BCUT2D eigenvalue weighted by atomic mass is 10.1. The normalized spacial score (nSPS) is 9.80. The van der Waals surface area contributed by atoms with E-state index in [2.05, 4.69) is 16.0 Å². The van der Waals surface area contributed by atoms with Crippen molar-refractivity contribution in [1.29, 1.82) is 5.26 Å². The number of benzene rings is 2. The van der Waals surface area contributed by atoms with E-state index in [0.29, 0.717) is 17.9 Å². The first-order valence-electron chi connectivity index (χ1n) is 9.19. The number of para-hydroxylation sites is 1. The van der Waals surface area contributed by atoms with Gasteiger partial charge in [0.1, 0.15) is 6.07 Å². The van der Waals surface area contributed by atoms with Crippen molar-refractivity contribution in [3.63, 3.8) is 0 Å². The summed E-state index contributed by atoms with van der Waals surface area (Å²) in [6, 6.07) is 13.1. The SMILES string of the molecule is CCOC(=O)Nc1ccc(NC(=O)Nc2ccccc2CN(C)C(C)=O)cc1C#N. The standard InChI is InChI=1S/C21H23N5O4/c1-4-30-21(29)25-19-10-9-17(11-16(19)12-22)23-20(28)24-18-8-6-5-7-15(18)13-26(3)14(2)27/h5-11H,4,13H2,1-3H3,(H,25,29)(H2,23,24,28). The summed E-state index contributed by atoms with van der Waals surface area (Å²) in [5.41, 5.74) is 2.15. The summed E-state index contributed by atoms with van der Waals surface area (Å²) in [5.74, 6) is -0.0881. The second-order valence-electron chi connectivity index (χ2n) is 6.33. The van der Waals surface area contributed by atoms with Gasteiger partial charge in [0.05, 0.1) is 17.9 Å². The molecule has 0 aliphatic heterocycles. The third-order valence-corrected chi connectivity index (χ3v) is 4.12. The van der Waals surface area contributed by atoms with Crippen molar-refractivity contribution in [1.82, 2.24) is 4.90 Å². The first kappa shape index (κ1) is 22.2. The van der Waals surface area contributed by atoms with E-state index in [0.717, 1.165) is 5.56 Å². The molecule has 9 heteroatoms. The zero-order valence-corrected chi connectivity index (χ0v) is 17.0. The van der Waals surface area contributed by atoms with E-state index >= 15 is 0 Å². The number of nitrogens with zero attached hydrogens (tertiary/aromatic N) is 2. The molecule has 9 nitrogen and oxygen atoms in total. The third kappa shape index (κ3) is 6.24. The predicted molar refractivity (Wildman–Crippen MR) is 113 cm³/mol. The summed E-state index contributed by atoms with van der Waals surface area (Å²) >= 11 is 0. The van der Waals surface area contributed by atoms with Crippen molar-refractivity contribution in [3.05, 3.63) is 53.6 Å². The van der Waals surface area contributed by atoms with Crippen molar-refractivity contribution >= 4 is 35.1 Å². The number of carbonyl (C=O) groups is 3. The van der Waals surface area contributed by atoms with Crippen LogP contribution in [0.4, 0.5) is 26.7 Å². The highest BCUT2D eigenvalue weighted by molar-refractivity contribution is 6.00. The minimum absolute atomic E-state index is 0.0881. The van der Waals surface area contributed by atoms with Gasteiger partial charge in [-0.2, -0.15) is 5.26 Å². The van der Waals surface area contributed by atoms with E-state index < -0.39 is 12.1 Å². The van der Waals surface area contributed by atoms with E-state index in [1.807, 2.05) is 18.2 Å². The van der Waals surface area contributed by atoms with Crippen LogP contribution in [0.1, 0.15) is 25.0 Å². The predicted octanol–water partition coefficient (Wildman–Crippen LogP) is 3.75. The molecule has 0 saturated carbocycles. The minimum Gasteiger partial charge on any atom is -0.450 e. The van der Waals surface area contributed by atoms with Gasteiger partial charge in [0.2, 0.25) is 5.91 Å². The molecular weight excluding hydrogens is 386 g/mol. The summed E-state index contributed by atoms with van der Waals surface area (Å²) in [5, 5.41) is 17.2. The van der Waals surface area contributed by atoms with Crippen molar-refractivity contribution in [3.8, 4) is 6.07 Å². The molecule has 2 aromatic rings. The lowest BCUT2D eigenvalue weighted by molar-refractivity contribution is -0.128. The molecule has 2 aromatic carbocycles. The number of rotatable bonds is 6. The Hall–Kier alpha value is -4.06. The molecule has 0 spiro atoms. The summed E-state index contributed by atoms with van der Waals surface area (Å²) in [4.78, 5) is 37.0. The second-order valence-corrected chi connectivity index (χ2v) is 6.33. The van der Waals surface area contributed by atoms with Gasteiger partial charge in [0.15, 0.2) is 0 Å². The summed E-state index contributed by atoms with van der Waals surface area (Å²) < 4.78 is 4.80. The summed E-state index contributed by atoms with van der Waals surface area (Å²) in [6.07, 6.45) is -0.667. The molecule has 0 saturated heterocycles. The molecule has 30 heavy (non-hydrogen) atoms. The molecule has 4 amide bonds. The van der Waals surface area contributed by atoms with E-state index in [9.17, 15) is 19.6 Å². The highest BCUT2D eigenvalue weighted by atomic mass is 16.5. The summed E-state index contributed by atoms with van der Waals surface area (Å²) in [7, 11) is 1.68. The van der Waals surface area contributed by atoms with Crippen LogP contribution in [-0.2, 0) is 16.1 Å². The molecule has 2 rings (SSSR count). The van der Waals surface area contributed by atoms with Crippen LogP contribution in [0, 0.1) is 11.3 Å². The number of hydrogen-bond acceptors (Lipinski definition) is 5. The molecule has 0 radical (unpaired) electrons. The number of nitrogens with one attached hydrogen (secondary N) is 3. The van der Waals surface area contributed by atoms with Gasteiger partial charge in [0, 0.05) is 31.9 Å². The fourth-order valence-electron chi connectivity index (χ4n) is 2.53. The highest BCUT2D eigenvalue weighted by Crippen LogP contribution is 2.21. The Bertz CT molecular complexity index is 984.